The molecule has 2 heterocycles. The number of fused-ring (bicyclic) bond motifs is 1. The number of aromatic amines is 1. The quantitative estimate of drug-likeness (QED) is 0.744. The van der Waals surface area contributed by atoms with E-state index in [0.717, 1.165) is 22.3 Å². The first-order valence-corrected chi connectivity index (χ1v) is 6.35. The van der Waals surface area contributed by atoms with Crippen LogP contribution in [0.25, 0.3) is 11.0 Å². The number of pyridine rings is 1. The summed E-state index contributed by atoms with van der Waals surface area (Å²) in [5.74, 6) is 0.800. The number of para-hydroxylation sites is 1. The van der Waals surface area contributed by atoms with Crippen LogP contribution < -0.4 is 4.74 Å². The Labute approximate surface area is 115 Å². The molecule has 0 fully saturated rings. The van der Waals surface area contributed by atoms with Gasteiger partial charge in [-0.2, -0.15) is 0 Å². The Balaban J connectivity index is 2.14. The molecule has 0 saturated heterocycles. The number of methoxy groups -OCH3 is 1. The molecule has 1 aromatic carbocycles. The van der Waals surface area contributed by atoms with Crippen LogP contribution in [0.2, 0.25) is 0 Å². The molecule has 0 aliphatic heterocycles. The Morgan fingerprint density at radius 1 is 1.32 bits per heavy atom. The number of nitrogens with one attached hydrogen (secondary N) is 1. The molecule has 3 aromatic rings. The maximum absolute atomic E-state index is 5.39. The average molecular weight is 271 g/mol. The van der Waals surface area contributed by atoms with E-state index in [4.69, 9.17) is 17.0 Å². The second-order valence-electron chi connectivity index (χ2n) is 4.23. The third-order valence-electron chi connectivity index (χ3n) is 3.06. The molecular weight excluding hydrogens is 258 g/mol. The van der Waals surface area contributed by atoms with Crippen LogP contribution in [0.4, 0.5) is 0 Å². The molecule has 1 N–H and O–H groups in total. The molecule has 5 heteroatoms. The fourth-order valence-corrected chi connectivity index (χ4v) is 2.42. The lowest BCUT2D eigenvalue weighted by atomic mass is 10.2. The van der Waals surface area contributed by atoms with Gasteiger partial charge in [0.25, 0.3) is 0 Å². The Bertz CT molecular complexity index is 761. The first kappa shape index (κ1) is 11.9. The zero-order chi connectivity index (χ0) is 13.2. The summed E-state index contributed by atoms with van der Waals surface area (Å²) in [5.41, 5.74) is 3.08. The maximum atomic E-state index is 5.39. The Morgan fingerprint density at radius 2 is 2.21 bits per heavy atom. The lowest BCUT2D eigenvalue weighted by Crippen LogP contribution is -1.99. The molecule has 0 aliphatic rings. The second-order valence-corrected chi connectivity index (χ2v) is 4.62. The minimum atomic E-state index is 0.684. The molecule has 0 radical (unpaired) electrons. The number of imidazole rings is 1. The van der Waals surface area contributed by atoms with Gasteiger partial charge in [0, 0.05) is 12.4 Å². The number of rotatable bonds is 3. The highest BCUT2D eigenvalue weighted by atomic mass is 32.1. The van der Waals surface area contributed by atoms with E-state index in [1.54, 1.807) is 13.3 Å². The van der Waals surface area contributed by atoms with Gasteiger partial charge in [-0.3, -0.25) is 4.98 Å². The molecule has 0 atom stereocenters. The molecule has 0 unspecified atom stereocenters. The van der Waals surface area contributed by atoms with E-state index in [1.807, 2.05) is 41.1 Å². The second kappa shape index (κ2) is 4.85. The first-order chi connectivity index (χ1) is 9.29. The number of benzene rings is 1. The number of aromatic nitrogens is 3. The van der Waals surface area contributed by atoms with Gasteiger partial charge < -0.3 is 14.3 Å². The summed E-state index contributed by atoms with van der Waals surface area (Å²) in [6, 6.07) is 9.87. The topological polar surface area (TPSA) is 42.8 Å². The summed E-state index contributed by atoms with van der Waals surface area (Å²) in [5, 5.41) is 0. The van der Waals surface area contributed by atoms with Crippen molar-refractivity contribution in [3.63, 3.8) is 0 Å². The van der Waals surface area contributed by atoms with Crippen LogP contribution in [0.5, 0.6) is 5.75 Å². The van der Waals surface area contributed by atoms with E-state index in [1.165, 1.54) is 0 Å². The third kappa shape index (κ3) is 2.13. The number of nitrogens with zero attached hydrogens (tertiary/aromatic N) is 2. The number of ether oxygens (including phenoxy) is 1. The molecular formula is C14H13N3OS. The standard InChI is InChI=1S/C14H13N3OS/c1-18-12-6-2-5-11-13(12)16-14(19)17(11)9-10-4-3-7-15-8-10/h2-8H,9H2,1H3,(H,16,19). The highest BCUT2D eigenvalue weighted by Gasteiger charge is 2.08. The van der Waals surface area contributed by atoms with Crippen LogP contribution in [0.3, 0.4) is 0 Å². The third-order valence-corrected chi connectivity index (χ3v) is 3.38. The summed E-state index contributed by atoms with van der Waals surface area (Å²) in [6.45, 7) is 0.694. The monoisotopic (exact) mass is 271 g/mol. The van der Waals surface area contributed by atoms with Crippen molar-refractivity contribution >= 4 is 23.3 Å². The van der Waals surface area contributed by atoms with Crippen molar-refractivity contribution in [3.8, 4) is 5.75 Å². The van der Waals surface area contributed by atoms with Crippen molar-refractivity contribution in [2.75, 3.05) is 7.11 Å². The summed E-state index contributed by atoms with van der Waals surface area (Å²) >= 11 is 5.39. The van der Waals surface area contributed by atoms with Gasteiger partial charge in [0.05, 0.1) is 19.2 Å². The van der Waals surface area contributed by atoms with Gasteiger partial charge in [-0.25, -0.2) is 0 Å². The van der Waals surface area contributed by atoms with Crippen molar-refractivity contribution in [3.05, 3.63) is 53.1 Å². The molecule has 2 aromatic heterocycles. The maximum Gasteiger partial charge on any atom is 0.178 e. The van der Waals surface area contributed by atoms with Gasteiger partial charge in [-0.05, 0) is 36.0 Å². The summed E-state index contributed by atoms with van der Waals surface area (Å²) in [7, 11) is 1.66. The predicted molar refractivity (Wildman–Crippen MR) is 77.0 cm³/mol. The van der Waals surface area contributed by atoms with Gasteiger partial charge in [-0.15, -0.1) is 0 Å². The van der Waals surface area contributed by atoms with Crippen LogP contribution in [-0.2, 0) is 6.54 Å². The fourth-order valence-electron chi connectivity index (χ4n) is 2.16. The molecule has 0 amide bonds. The molecule has 0 spiro atoms. The fraction of sp³-hybridized carbons (Fsp3) is 0.143. The van der Waals surface area contributed by atoms with E-state index in [0.29, 0.717) is 11.3 Å². The van der Waals surface area contributed by atoms with Gasteiger partial charge >= 0.3 is 0 Å². The van der Waals surface area contributed by atoms with Crippen molar-refractivity contribution in [1.82, 2.24) is 14.5 Å². The van der Waals surface area contributed by atoms with Gasteiger partial charge in [0.2, 0.25) is 0 Å². The summed E-state index contributed by atoms with van der Waals surface area (Å²) in [6.07, 6.45) is 3.61. The Hall–Kier alpha value is -2.14. The van der Waals surface area contributed by atoms with E-state index < -0.39 is 0 Å². The zero-order valence-electron chi connectivity index (χ0n) is 10.5. The zero-order valence-corrected chi connectivity index (χ0v) is 11.3. The molecule has 96 valence electrons. The largest absolute Gasteiger partial charge is 0.494 e. The van der Waals surface area contributed by atoms with Gasteiger partial charge in [0.1, 0.15) is 11.3 Å². The van der Waals surface area contributed by atoms with Crippen molar-refractivity contribution < 1.29 is 4.74 Å². The lowest BCUT2D eigenvalue weighted by molar-refractivity contribution is 0.419. The summed E-state index contributed by atoms with van der Waals surface area (Å²) in [4.78, 5) is 7.33. The molecule has 3 rings (SSSR count). The average Bonchev–Trinajstić information content (AvgIpc) is 2.76. The molecule has 4 nitrogen and oxygen atoms in total. The van der Waals surface area contributed by atoms with Gasteiger partial charge in [0.15, 0.2) is 4.77 Å². The first-order valence-electron chi connectivity index (χ1n) is 5.94. The smallest absolute Gasteiger partial charge is 0.178 e. The van der Waals surface area contributed by atoms with E-state index in [9.17, 15) is 0 Å². The minimum absolute atomic E-state index is 0.684. The molecule has 0 aliphatic carbocycles. The van der Waals surface area contributed by atoms with Crippen molar-refractivity contribution in [1.29, 1.82) is 0 Å². The molecule has 0 saturated carbocycles. The molecule has 19 heavy (non-hydrogen) atoms. The normalized spacial score (nSPS) is 10.8. The van der Waals surface area contributed by atoms with E-state index >= 15 is 0 Å². The highest BCUT2D eigenvalue weighted by molar-refractivity contribution is 7.71. The van der Waals surface area contributed by atoms with Crippen LogP contribution in [-0.4, -0.2) is 21.6 Å². The SMILES string of the molecule is COc1cccc2c1[nH]c(=S)n2Cc1cccnc1. The van der Waals surface area contributed by atoms with Gasteiger partial charge in [-0.1, -0.05) is 12.1 Å². The highest BCUT2D eigenvalue weighted by Crippen LogP contribution is 2.25. The van der Waals surface area contributed by atoms with Crippen LogP contribution >= 0.6 is 12.2 Å². The predicted octanol–water partition coefficient (Wildman–Crippen LogP) is 3.15. The number of hydrogen-bond donors (Lipinski definition) is 1. The lowest BCUT2D eigenvalue weighted by Gasteiger charge is -2.05. The minimum Gasteiger partial charge on any atom is -0.494 e. The number of hydrogen-bond acceptors (Lipinski definition) is 3. The Morgan fingerprint density at radius 3 is 2.95 bits per heavy atom. The van der Waals surface area contributed by atoms with E-state index in [-0.39, 0.29) is 0 Å². The summed E-state index contributed by atoms with van der Waals surface area (Å²) < 4.78 is 8.07. The van der Waals surface area contributed by atoms with E-state index in [2.05, 4.69) is 9.97 Å². The Kier molecular flexibility index (Phi) is 3.05. The van der Waals surface area contributed by atoms with Crippen LogP contribution in [0.15, 0.2) is 42.7 Å². The van der Waals surface area contributed by atoms with Crippen molar-refractivity contribution in [2.24, 2.45) is 0 Å². The molecule has 0 bridgehead atoms. The van der Waals surface area contributed by atoms with Crippen LogP contribution in [0, 0.1) is 4.77 Å². The van der Waals surface area contributed by atoms with Crippen LogP contribution in [0.1, 0.15) is 5.56 Å². The number of H-pyrrole nitrogens is 1. The van der Waals surface area contributed by atoms with Crippen molar-refractivity contribution in [2.45, 2.75) is 6.54 Å².